The first-order chi connectivity index (χ1) is 12.8. The second kappa shape index (κ2) is 8.77. The minimum atomic E-state index is -5.04. The van der Waals surface area contributed by atoms with E-state index >= 15 is 0 Å². The Bertz CT molecular complexity index is 779. The number of amides is 1. The number of alkyl halides is 3. The van der Waals surface area contributed by atoms with Gasteiger partial charge in [0, 0.05) is 18.7 Å². The maximum atomic E-state index is 13.3. The smallest absolute Gasteiger partial charge is 0.471 e. The van der Waals surface area contributed by atoms with Crippen molar-refractivity contribution < 1.29 is 32.2 Å². The molecule has 0 saturated carbocycles. The summed E-state index contributed by atoms with van der Waals surface area (Å²) in [6.45, 7) is -0.266. The fraction of sp³-hybridized carbons (Fsp3) is 0.316. The number of halogens is 3. The van der Waals surface area contributed by atoms with E-state index in [1.54, 1.807) is 30.3 Å². The molecule has 0 fully saturated rings. The highest BCUT2D eigenvalue weighted by Gasteiger charge is 2.43. The van der Waals surface area contributed by atoms with Crippen molar-refractivity contribution in [1.82, 2.24) is 0 Å². The van der Waals surface area contributed by atoms with E-state index in [1.807, 2.05) is 0 Å². The van der Waals surface area contributed by atoms with Gasteiger partial charge in [-0.2, -0.15) is 13.2 Å². The van der Waals surface area contributed by atoms with E-state index in [1.165, 1.54) is 33.5 Å². The van der Waals surface area contributed by atoms with Crippen LogP contribution in [0, 0.1) is 0 Å². The van der Waals surface area contributed by atoms with E-state index in [0.29, 0.717) is 21.8 Å². The van der Waals surface area contributed by atoms with Gasteiger partial charge >= 0.3 is 12.1 Å². The van der Waals surface area contributed by atoms with E-state index in [0.717, 1.165) is 0 Å². The molecule has 0 aliphatic carbocycles. The maximum Gasteiger partial charge on any atom is 0.471 e. The predicted molar refractivity (Wildman–Crippen MR) is 93.9 cm³/mol. The molecule has 5 nitrogen and oxygen atoms in total. The first-order valence-electron chi connectivity index (χ1n) is 7.98. The van der Waals surface area contributed by atoms with Gasteiger partial charge in [-0.05, 0) is 11.6 Å². The third-order valence-electron chi connectivity index (χ3n) is 3.85. The maximum absolute atomic E-state index is 13.3. The predicted octanol–water partition coefficient (Wildman–Crippen LogP) is 3.95. The number of anilines is 1. The van der Waals surface area contributed by atoms with Crippen molar-refractivity contribution in [3.8, 4) is 11.5 Å². The Morgan fingerprint density at radius 1 is 1.00 bits per heavy atom. The number of nitrogens with zero attached hydrogens (tertiary/aromatic N) is 1. The molecule has 0 spiro atoms. The number of rotatable bonds is 7. The number of carbonyl (C=O) groups excluding carboxylic acids is 1. The van der Waals surface area contributed by atoms with Crippen LogP contribution in [0.3, 0.4) is 0 Å². The number of carbonyl (C=O) groups is 1. The zero-order valence-corrected chi connectivity index (χ0v) is 15.2. The Balaban J connectivity index is 2.61. The highest BCUT2D eigenvalue weighted by molar-refractivity contribution is 5.98. The van der Waals surface area contributed by atoms with E-state index in [4.69, 9.17) is 14.2 Å². The fourth-order valence-corrected chi connectivity index (χ4v) is 2.62. The van der Waals surface area contributed by atoms with Gasteiger partial charge in [-0.3, -0.25) is 9.69 Å². The third kappa shape index (κ3) is 4.91. The Hall–Kier alpha value is -2.74. The van der Waals surface area contributed by atoms with Gasteiger partial charge in [0.1, 0.15) is 0 Å². The van der Waals surface area contributed by atoms with E-state index in [2.05, 4.69) is 0 Å². The molecule has 0 atom stereocenters. The molecular weight excluding hydrogens is 363 g/mol. The summed E-state index contributed by atoms with van der Waals surface area (Å²) in [5.41, 5.74) is 0.956. The lowest BCUT2D eigenvalue weighted by molar-refractivity contribution is -0.170. The largest absolute Gasteiger partial charge is 0.493 e. The SMILES string of the molecule is COCc1cc(OC)c(OC)cc1N(Cc1ccccc1)C(=O)C(F)(F)F. The van der Waals surface area contributed by atoms with Gasteiger partial charge in [-0.15, -0.1) is 0 Å². The summed E-state index contributed by atoms with van der Waals surface area (Å²) >= 11 is 0. The molecule has 0 radical (unpaired) electrons. The van der Waals surface area contributed by atoms with Gasteiger partial charge in [-0.1, -0.05) is 30.3 Å². The van der Waals surface area contributed by atoms with Gasteiger partial charge in [0.05, 0.1) is 33.1 Å². The van der Waals surface area contributed by atoms with Crippen LogP contribution in [0.15, 0.2) is 42.5 Å². The Morgan fingerprint density at radius 2 is 1.59 bits per heavy atom. The minimum absolute atomic E-state index is 0.00782. The number of hydrogen-bond donors (Lipinski definition) is 0. The molecular formula is C19H20F3NO4. The number of benzene rings is 2. The van der Waals surface area contributed by atoms with Gasteiger partial charge in [-0.25, -0.2) is 0 Å². The summed E-state index contributed by atoms with van der Waals surface area (Å²) in [6.07, 6.45) is -5.04. The summed E-state index contributed by atoms with van der Waals surface area (Å²) in [6, 6.07) is 11.3. The molecule has 146 valence electrons. The highest BCUT2D eigenvalue weighted by Crippen LogP contribution is 2.37. The second-order valence-corrected chi connectivity index (χ2v) is 5.64. The molecule has 0 N–H and O–H groups in total. The summed E-state index contributed by atoms with van der Waals surface area (Å²) < 4.78 is 55.2. The molecule has 1 amide bonds. The molecule has 2 aromatic carbocycles. The lowest BCUT2D eigenvalue weighted by Gasteiger charge is -2.27. The quantitative estimate of drug-likeness (QED) is 0.727. The van der Waals surface area contributed by atoms with Crippen molar-refractivity contribution >= 4 is 11.6 Å². The van der Waals surface area contributed by atoms with Crippen LogP contribution in [0.1, 0.15) is 11.1 Å². The van der Waals surface area contributed by atoms with E-state index < -0.39 is 12.1 Å². The molecule has 2 aromatic rings. The van der Waals surface area contributed by atoms with Crippen LogP contribution < -0.4 is 14.4 Å². The first kappa shape index (κ1) is 20.6. The van der Waals surface area contributed by atoms with Crippen molar-refractivity contribution in [3.05, 3.63) is 53.6 Å². The normalized spacial score (nSPS) is 11.2. The molecule has 2 rings (SSSR count). The molecule has 0 saturated heterocycles. The molecule has 0 unspecified atom stereocenters. The standard InChI is InChI=1S/C19H20F3NO4/c1-25-12-14-9-16(26-2)17(27-3)10-15(14)23(18(24)19(20,21)22)11-13-7-5-4-6-8-13/h4-10H,11-12H2,1-3H3. The van der Waals surface area contributed by atoms with Gasteiger partial charge < -0.3 is 14.2 Å². The lowest BCUT2D eigenvalue weighted by atomic mass is 10.1. The molecule has 0 aliphatic rings. The third-order valence-corrected chi connectivity index (χ3v) is 3.85. The number of hydrogen-bond acceptors (Lipinski definition) is 4. The van der Waals surface area contributed by atoms with Crippen LogP contribution in [0.2, 0.25) is 0 Å². The highest BCUT2D eigenvalue weighted by atomic mass is 19.4. The Labute approximate surface area is 155 Å². The topological polar surface area (TPSA) is 48.0 Å². The molecule has 0 bridgehead atoms. The molecule has 27 heavy (non-hydrogen) atoms. The minimum Gasteiger partial charge on any atom is -0.493 e. The van der Waals surface area contributed by atoms with Crippen molar-refractivity contribution in [2.24, 2.45) is 0 Å². The van der Waals surface area contributed by atoms with Crippen molar-refractivity contribution in [2.75, 3.05) is 26.2 Å². The lowest BCUT2D eigenvalue weighted by Crippen LogP contribution is -2.41. The molecule has 0 aromatic heterocycles. The zero-order valence-electron chi connectivity index (χ0n) is 15.2. The van der Waals surface area contributed by atoms with Gasteiger partial charge in [0.2, 0.25) is 0 Å². The van der Waals surface area contributed by atoms with Crippen LogP contribution >= 0.6 is 0 Å². The summed E-state index contributed by atoms with van der Waals surface area (Å²) in [5.74, 6) is -1.44. The average Bonchev–Trinajstić information content (AvgIpc) is 2.65. The summed E-state index contributed by atoms with van der Waals surface area (Å²) in [7, 11) is 4.19. The van der Waals surface area contributed by atoms with E-state index in [9.17, 15) is 18.0 Å². The average molecular weight is 383 g/mol. The van der Waals surface area contributed by atoms with Crippen LogP contribution in [-0.4, -0.2) is 33.4 Å². The Morgan fingerprint density at radius 3 is 2.11 bits per heavy atom. The van der Waals surface area contributed by atoms with Gasteiger partial charge in [0.15, 0.2) is 11.5 Å². The molecule has 0 heterocycles. The van der Waals surface area contributed by atoms with Crippen LogP contribution in [0.5, 0.6) is 11.5 Å². The second-order valence-electron chi connectivity index (χ2n) is 5.64. The van der Waals surface area contributed by atoms with Crippen LogP contribution in [0.25, 0.3) is 0 Å². The zero-order chi connectivity index (χ0) is 20.0. The van der Waals surface area contributed by atoms with Crippen molar-refractivity contribution in [2.45, 2.75) is 19.3 Å². The summed E-state index contributed by atoms with van der Waals surface area (Å²) in [4.78, 5) is 12.8. The van der Waals surface area contributed by atoms with Crippen molar-refractivity contribution in [1.29, 1.82) is 0 Å². The van der Waals surface area contributed by atoms with Crippen LogP contribution in [0.4, 0.5) is 18.9 Å². The molecule has 8 heteroatoms. The summed E-state index contributed by atoms with van der Waals surface area (Å²) in [5, 5.41) is 0. The number of ether oxygens (including phenoxy) is 3. The van der Waals surface area contributed by atoms with Crippen molar-refractivity contribution in [3.63, 3.8) is 0 Å². The van der Waals surface area contributed by atoms with Gasteiger partial charge in [0.25, 0.3) is 0 Å². The van der Waals surface area contributed by atoms with Crippen LogP contribution in [-0.2, 0) is 22.7 Å². The Kier molecular flexibility index (Phi) is 6.68. The fourth-order valence-electron chi connectivity index (χ4n) is 2.62. The van der Waals surface area contributed by atoms with E-state index in [-0.39, 0.29) is 24.6 Å². The number of methoxy groups -OCH3 is 3. The first-order valence-corrected chi connectivity index (χ1v) is 7.98. The monoisotopic (exact) mass is 383 g/mol. The molecule has 0 aliphatic heterocycles.